The van der Waals surface area contributed by atoms with Crippen molar-refractivity contribution in [2.45, 2.75) is 38.6 Å². The number of hydrogen-bond donors (Lipinski definition) is 2. The van der Waals surface area contributed by atoms with Crippen LogP contribution in [0.1, 0.15) is 29.8 Å². The number of H-pyrrole nitrogens is 1. The molecule has 5 nitrogen and oxygen atoms in total. The summed E-state index contributed by atoms with van der Waals surface area (Å²) in [5.74, 6) is -0.572. The monoisotopic (exact) mass is 463 g/mol. The zero-order valence-electron chi connectivity index (χ0n) is 19.5. The maximum Gasteiger partial charge on any atom is 0.159 e. The molecular weight excluding hydrogens is 432 g/mol. The smallest absolute Gasteiger partial charge is 0.159 e. The third-order valence-corrected chi connectivity index (χ3v) is 6.98. The SMILES string of the molecule is Cc1nccn1-c1ccc2[nH]cc(CCCC3CNCCN3CCc3ccc(F)c(F)c3)c2c1. The molecule has 1 unspecified atom stereocenters. The molecule has 0 aliphatic carbocycles. The van der Waals surface area contributed by atoms with E-state index in [1.807, 2.05) is 19.3 Å². The lowest BCUT2D eigenvalue weighted by molar-refractivity contribution is 0.153. The number of rotatable bonds is 8. The molecule has 2 N–H and O–H groups in total. The van der Waals surface area contributed by atoms with E-state index in [9.17, 15) is 8.78 Å². The van der Waals surface area contributed by atoms with Crippen LogP contribution in [0.25, 0.3) is 16.6 Å². The van der Waals surface area contributed by atoms with Crippen molar-refractivity contribution in [1.82, 2.24) is 24.8 Å². The highest BCUT2D eigenvalue weighted by Gasteiger charge is 2.21. The lowest BCUT2D eigenvalue weighted by Crippen LogP contribution is -2.51. The van der Waals surface area contributed by atoms with Crippen molar-refractivity contribution in [2.75, 3.05) is 26.2 Å². The first kappa shape index (κ1) is 22.7. The fourth-order valence-electron chi connectivity index (χ4n) is 5.05. The molecule has 0 amide bonds. The van der Waals surface area contributed by atoms with Gasteiger partial charge < -0.3 is 14.9 Å². The van der Waals surface area contributed by atoms with Crippen LogP contribution in [0.15, 0.2) is 55.0 Å². The number of fused-ring (bicyclic) bond motifs is 1. The van der Waals surface area contributed by atoms with Gasteiger partial charge >= 0.3 is 0 Å². The zero-order chi connectivity index (χ0) is 23.5. The normalized spacial score (nSPS) is 17.0. The highest BCUT2D eigenvalue weighted by Crippen LogP contribution is 2.24. The van der Waals surface area contributed by atoms with Crippen LogP contribution in [-0.2, 0) is 12.8 Å². The van der Waals surface area contributed by atoms with Gasteiger partial charge in [0, 0.05) is 67.4 Å². The molecule has 1 atom stereocenters. The molecule has 1 saturated heterocycles. The molecule has 0 radical (unpaired) electrons. The number of piperazine rings is 1. The number of benzene rings is 2. The molecule has 0 bridgehead atoms. The number of nitrogens with zero attached hydrogens (tertiary/aromatic N) is 3. The van der Waals surface area contributed by atoms with E-state index < -0.39 is 11.6 Å². The van der Waals surface area contributed by atoms with Crippen molar-refractivity contribution >= 4 is 10.9 Å². The first-order chi connectivity index (χ1) is 16.6. The van der Waals surface area contributed by atoms with Gasteiger partial charge in [0.1, 0.15) is 5.82 Å². The summed E-state index contributed by atoms with van der Waals surface area (Å²) < 4.78 is 28.9. The summed E-state index contributed by atoms with van der Waals surface area (Å²) in [6.07, 6.45) is 9.89. The van der Waals surface area contributed by atoms with Crippen LogP contribution >= 0.6 is 0 Å². The first-order valence-electron chi connectivity index (χ1n) is 12.1. The number of aryl methyl sites for hydroxylation is 2. The Balaban J connectivity index is 1.21. The van der Waals surface area contributed by atoms with Gasteiger partial charge in [-0.15, -0.1) is 0 Å². The third-order valence-electron chi connectivity index (χ3n) is 6.98. The Labute approximate surface area is 198 Å². The van der Waals surface area contributed by atoms with Crippen LogP contribution < -0.4 is 5.32 Å². The maximum absolute atomic E-state index is 13.6. The standard InChI is InChI=1S/C27H31F2N5/c1-19-31-11-14-34(19)22-6-8-27-24(16-22)21(17-32-27)3-2-4-23-18-30-10-13-33(23)12-9-20-5-7-25(28)26(29)15-20/h5-8,11,14-17,23,30,32H,2-4,9-10,12-13,18H2,1H3. The second-order valence-corrected chi connectivity index (χ2v) is 9.17. The summed E-state index contributed by atoms with van der Waals surface area (Å²) in [6.45, 7) is 5.79. The van der Waals surface area contributed by atoms with Crippen molar-refractivity contribution < 1.29 is 8.78 Å². The van der Waals surface area contributed by atoms with Gasteiger partial charge in [0.05, 0.1) is 0 Å². The van der Waals surface area contributed by atoms with Gasteiger partial charge in [-0.1, -0.05) is 6.07 Å². The Hall–Kier alpha value is -3.03. The van der Waals surface area contributed by atoms with E-state index in [1.54, 1.807) is 6.07 Å². The molecule has 34 heavy (non-hydrogen) atoms. The van der Waals surface area contributed by atoms with Gasteiger partial charge in [-0.2, -0.15) is 0 Å². The molecule has 1 aliphatic heterocycles. The van der Waals surface area contributed by atoms with Gasteiger partial charge in [0.2, 0.25) is 0 Å². The van der Waals surface area contributed by atoms with Crippen LogP contribution in [0.3, 0.4) is 0 Å². The highest BCUT2D eigenvalue weighted by molar-refractivity contribution is 5.85. The van der Waals surface area contributed by atoms with Crippen LogP contribution in [-0.4, -0.2) is 51.7 Å². The highest BCUT2D eigenvalue weighted by atomic mass is 19.2. The third kappa shape index (κ3) is 4.91. The van der Waals surface area contributed by atoms with E-state index in [4.69, 9.17) is 0 Å². The van der Waals surface area contributed by atoms with Crippen LogP contribution in [0.5, 0.6) is 0 Å². The molecule has 0 spiro atoms. The Morgan fingerprint density at radius 2 is 2.00 bits per heavy atom. The zero-order valence-corrected chi connectivity index (χ0v) is 19.5. The number of nitrogens with one attached hydrogen (secondary N) is 2. The van der Waals surface area contributed by atoms with Crippen LogP contribution in [0.2, 0.25) is 0 Å². The minimum Gasteiger partial charge on any atom is -0.361 e. The van der Waals surface area contributed by atoms with Crippen LogP contribution in [0.4, 0.5) is 8.78 Å². The molecular formula is C27H31F2N5. The molecule has 1 fully saturated rings. The second-order valence-electron chi connectivity index (χ2n) is 9.17. The fraction of sp³-hybridized carbons (Fsp3) is 0.370. The van der Waals surface area contributed by atoms with Gasteiger partial charge in [-0.25, -0.2) is 13.8 Å². The molecule has 3 heterocycles. The van der Waals surface area contributed by atoms with Gasteiger partial charge in [-0.05, 0) is 74.1 Å². The van der Waals surface area contributed by atoms with Crippen molar-refractivity contribution in [2.24, 2.45) is 0 Å². The van der Waals surface area contributed by atoms with Gasteiger partial charge in [0.15, 0.2) is 11.6 Å². The Kier molecular flexibility index (Phi) is 6.74. The lowest BCUT2D eigenvalue weighted by atomic mass is 10.0. The van der Waals surface area contributed by atoms with E-state index in [0.717, 1.165) is 74.5 Å². The number of aromatic nitrogens is 3. The van der Waals surface area contributed by atoms with Crippen molar-refractivity contribution in [3.8, 4) is 5.69 Å². The Bertz CT molecular complexity index is 1260. The summed E-state index contributed by atoms with van der Waals surface area (Å²) >= 11 is 0. The van der Waals surface area contributed by atoms with Crippen molar-refractivity contribution in [3.05, 3.63) is 83.6 Å². The predicted octanol–water partition coefficient (Wildman–Crippen LogP) is 4.78. The van der Waals surface area contributed by atoms with E-state index in [1.165, 1.54) is 23.1 Å². The summed E-state index contributed by atoms with van der Waals surface area (Å²) in [6, 6.07) is 11.2. The second kappa shape index (κ2) is 10.1. The number of imidazole rings is 1. The average molecular weight is 464 g/mol. The summed E-state index contributed by atoms with van der Waals surface area (Å²) in [5.41, 5.74) is 4.47. The van der Waals surface area contributed by atoms with Crippen molar-refractivity contribution in [3.63, 3.8) is 0 Å². The summed E-state index contributed by atoms with van der Waals surface area (Å²) in [5, 5.41) is 4.78. The molecule has 178 valence electrons. The van der Waals surface area contributed by atoms with Crippen molar-refractivity contribution in [1.29, 1.82) is 0 Å². The number of aromatic amines is 1. The fourth-order valence-corrected chi connectivity index (χ4v) is 5.05. The lowest BCUT2D eigenvalue weighted by Gasteiger charge is -2.36. The topological polar surface area (TPSA) is 48.9 Å². The largest absolute Gasteiger partial charge is 0.361 e. The molecule has 5 rings (SSSR count). The van der Waals surface area contributed by atoms with E-state index in [0.29, 0.717) is 6.04 Å². The molecule has 4 aromatic rings. The number of hydrogen-bond acceptors (Lipinski definition) is 3. The summed E-state index contributed by atoms with van der Waals surface area (Å²) in [4.78, 5) is 10.3. The molecule has 0 saturated carbocycles. The van der Waals surface area contributed by atoms with E-state index in [2.05, 4.69) is 49.1 Å². The quantitative estimate of drug-likeness (QED) is 0.395. The molecule has 7 heteroatoms. The summed E-state index contributed by atoms with van der Waals surface area (Å²) in [7, 11) is 0. The Morgan fingerprint density at radius 1 is 1.09 bits per heavy atom. The molecule has 2 aromatic carbocycles. The maximum atomic E-state index is 13.6. The van der Waals surface area contributed by atoms with Gasteiger partial charge in [0.25, 0.3) is 0 Å². The van der Waals surface area contributed by atoms with E-state index in [-0.39, 0.29) is 0 Å². The predicted molar refractivity (Wildman–Crippen MR) is 131 cm³/mol. The van der Waals surface area contributed by atoms with E-state index >= 15 is 0 Å². The minimum absolute atomic E-state index is 0.452. The molecule has 1 aliphatic rings. The number of halogens is 2. The van der Waals surface area contributed by atoms with Crippen LogP contribution in [0, 0.1) is 18.6 Å². The average Bonchev–Trinajstić information content (AvgIpc) is 3.46. The molecule has 2 aromatic heterocycles. The Morgan fingerprint density at radius 3 is 2.82 bits per heavy atom. The van der Waals surface area contributed by atoms with Gasteiger partial charge in [-0.3, -0.25) is 4.90 Å². The minimum atomic E-state index is -0.784. The first-order valence-corrected chi connectivity index (χ1v) is 12.1.